The minimum atomic E-state index is -0.556. The number of benzene rings is 1. The van der Waals surface area contributed by atoms with Crippen LogP contribution in [0.4, 0.5) is 0 Å². The fourth-order valence-electron chi connectivity index (χ4n) is 2.30. The molecular formula is C15H12Cl2N2O. The van der Waals surface area contributed by atoms with Gasteiger partial charge in [-0.2, -0.15) is 0 Å². The summed E-state index contributed by atoms with van der Waals surface area (Å²) in [5.41, 5.74) is 2.43. The Morgan fingerprint density at radius 1 is 1.25 bits per heavy atom. The van der Waals surface area contributed by atoms with Gasteiger partial charge in [0.1, 0.15) is 5.69 Å². The number of hydrogen-bond acceptors (Lipinski definition) is 3. The molecule has 0 N–H and O–H groups in total. The van der Waals surface area contributed by atoms with E-state index < -0.39 is 5.60 Å². The lowest BCUT2D eigenvalue weighted by molar-refractivity contribution is 0.0325. The highest BCUT2D eigenvalue weighted by atomic mass is 35.5. The molecule has 0 aliphatic carbocycles. The highest BCUT2D eigenvalue weighted by Crippen LogP contribution is 2.36. The first-order valence-electron chi connectivity index (χ1n) is 6.16. The van der Waals surface area contributed by atoms with Gasteiger partial charge in [0, 0.05) is 12.5 Å². The van der Waals surface area contributed by atoms with E-state index in [9.17, 15) is 0 Å². The van der Waals surface area contributed by atoms with Crippen molar-refractivity contribution in [3.8, 4) is 0 Å². The molecule has 0 saturated carbocycles. The molecule has 1 aliphatic heterocycles. The lowest BCUT2D eigenvalue weighted by Gasteiger charge is -2.31. The topological polar surface area (TPSA) is 35.0 Å². The average Bonchev–Trinajstić information content (AvgIpc) is 2.39. The molecule has 2 aromatic rings. The van der Waals surface area contributed by atoms with Crippen LogP contribution in [-0.4, -0.2) is 9.97 Å². The average molecular weight is 307 g/mol. The quantitative estimate of drug-likeness (QED) is 0.752. The van der Waals surface area contributed by atoms with Gasteiger partial charge < -0.3 is 4.74 Å². The first kappa shape index (κ1) is 13.4. The van der Waals surface area contributed by atoms with Gasteiger partial charge in [-0.3, -0.25) is 0 Å². The summed E-state index contributed by atoms with van der Waals surface area (Å²) < 4.78 is 5.72. The Balaban J connectivity index is 2.27. The number of fused-ring (bicyclic) bond motifs is 2. The van der Waals surface area contributed by atoms with Gasteiger partial charge in [0.05, 0.1) is 33.0 Å². The van der Waals surface area contributed by atoms with Crippen LogP contribution in [0.25, 0.3) is 17.1 Å². The van der Waals surface area contributed by atoms with Crippen LogP contribution in [0, 0.1) is 0 Å². The second kappa shape index (κ2) is 4.76. The van der Waals surface area contributed by atoms with Crippen LogP contribution in [-0.2, 0) is 10.3 Å². The predicted octanol–water partition coefficient (Wildman–Crippen LogP) is 4.73. The van der Waals surface area contributed by atoms with Gasteiger partial charge in [-0.05, 0) is 19.1 Å². The second-order valence-corrected chi connectivity index (χ2v) is 5.67. The summed E-state index contributed by atoms with van der Waals surface area (Å²) in [7, 11) is 0. The Bertz CT molecular complexity index is 742. The number of aromatic nitrogens is 2. The summed E-state index contributed by atoms with van der Waals surface area (Å²) >= 11 is 12.1. The number of hydrogen-bond donors (Lipinski definition) is 0. The van der Waals surface area contributed by atoms with E-state index in [-0.39, 0.29) is 0 Å². The van der Waals surface area contributed by atoms with Crippen LogP contribution in [0.5, 0.6) is 0 Å². The molecule has 1 aromatic carbocycles. The number of rotatable bonds is 2. The first-order chi connectivity index (χ1) is 9.53. The van der Waals surface area contributed by atoms with Gasteiger partial charge in [-0.15, -0.1) is 6.58 Å². The molecule has 2 heterocycles. The minimum absolute atomic E-state index is 0.464. The van der Waals surface area contributed by atoms with Gasteiger partial charge in [0.25, 0.3) is 0 Å². The van der Waals surface area contributed by atoms with Crippen molar-refractivity contribution in [1.82, 2.24) is 9.97 Å². The Labute approximate surface area is 126 Å². The zero-order valence-electron chi connectivity index (χ0n) is 10.9. The molecule has 0 radical (unpaired) electrons. The molecule has 0 fully saturated rings. The van der Waals surface area contributed by atoms with Crippen LogP contribution >= 0.6 is 23.2 Å². The van der Waals surface area contributed by atoms with E-state index in [1.807, 2.05) is 13.0 Å². The first-order valence-corrected chi connectivity index (χ1v) is 6.91. The highest BCUT2D eigenvalue weighted by Gasteiger charge is 2.33. The maximum absolute atomic E-state index is 6.04. The smallest absolute Gasteiger partial charge is 0.153 e. The Kier molecular flexibility index (Phi) is 3.19. The van der Waals surface area contributed by atoms with Crippen LogP contribution < -0.4 is 0 Å². The van der Waals surface area contributed by atoms with Crippen LogP contribution in [0.1, 0.15) is 24.7 Å². The zero-order valence-corrected chi connectivity index (χ0v) is 12.4. The van der Waals surface area contributed by atoms with Crippen molar-refractivity contribution in [2.45, 2.75) is 18.9 Å². The third kappa shape index (κ3) is 2.07. The lowest BCUT2D eigenvalue weighted by Crippen LogP contribution is -2.28. The van der Waals surface area contributed by atoms with E-state index in [1.54, 1.807) is 24.5 Å². The molecule has 0 saturated heterocycles. The molecule has 3 rings (SSSR count). The number of halogens is 2. The fraction of sp³-hybridized carbons (Fsp3) is 0.200. The van der Waals surface area contributed by atoms with E-state index >= 15 is 0 Å². The highest BCUT2D eigenvalue weighted by molar-refractivity contribution is 6.42. The standard InChI is InChI=1S/C15H12Cl2N2O/c1-3-5-15(2)14-11(4-6-20-15)18-12-7-9(16)10(17)8-13(12)19-14/h3-4,6-8H,1,5H2,2H3. The van der Waals surface area contributed by atoms with E-state index in [1.165, 1.54) is 0 Å². The maximum atomic E-state index is 6.04. The van der Waals surface area contributed by atoms with Gasteiger partial charge in [0.2, 0.25) is 0 Å². The SMILES string of the molecule is C=CCC1(C)OC=Cc2nc3cc(Cl)c(Cl)cc3nc21. The Hall–Kier alpha value is -1.58. The summed E-state index contributed by atoms with van der Waals surface area (Å²) in [5.74, 6) is 0. The fourth-order valence-corrected chi connectivity index (χ4v) is 2.61. The predicted molar refractivity (Wildman–Crippen MR) is 81.8 cm³/mol. The largest absolute Gasteiger partial charge is 0.488 e. The zero-order chi connectivity index (χ0) is 14.3. The van der Waals surface area contributed by atoms with Gasteiger partial charge in [-0.25, -0.2) is 9.97 Å². The molecule has 20 heavy (non-hydrogen) atoms. The third-order valence-corrected chi connectivity index (χ3v) is 4.04. The van der Waals surface area contributed by atoms with Crippen molar-refractivity contribution in [3.63, 3.8) is 0 Å². The van der Waals surface area contributed by atoms with Gasteiger partial charge in [-0.1, -0.05) is 29.3 Å². The molecule has 1 unspecified atom stereocenters. The van der Waals surface area contributed by atoms with Crippen molar-refractivity contribution in [2.75, 3.05) is 0 Å². The van der Waals surface area contributed by atoms with Gasteiger partial charge in [0.15, 0.2) is 5.60 Å². The molecule has 102 valence electrons. The van der Waals surface area contributed by atoms with E-state index in [0.717, 1.165) is 11.4 Å². The second-order valence-electron chi connectivity index (χ2n) is 4.86. The molecular weight excluding hydrogens is 295 g/mol. The van der Waals surface area contributed by atoms with Crippen molar-refractivity contribution in [3.05, 3.63) is 52.5 Å². The Morgan fingerprint density at radius 3 is 2.55 bits per heavy atom. The summed E-state index contributed by atoms with van der Waals surface area (Å²) in [6.07, 6.45) is 5.90. The van der Waals surface area contributed by atoms with E-state index in [4.69, 9.17) is 27.9 Å². The third-order valence-electron chi connectivity index (χ3n) is 3.32. The van der Waals surface area contributed by atoms with Crippen molar-refractivity contribution in [2.24, 2.45) is 0 Å². The normalized spacial score (nSPS) is 20.6. The number of nitrogens with zero attached hydrogens (tertiary/aromatic N) is 2. The van der Waals surface area contributed by atoms with Crippen LogP contribution in [0.2, 0.25) is 10.0 Å². The monoisotopic (exact) mass is 306 g/mol. The van der Waals surface area contributed by atoms with E-state index in [0.29, 0.717) is 27.5 Å². The molecule has 5 heteroatoms. The summed E-state index contributed by atoms with van der Waals surface area (Å²) in [6.45, 7) is 5.74. The molecule has 1 aliphatic rings. The molecule has 1 atom stereocenters. The molecule has 0 spiro atoms. The van der Waals surface area contributed by atoms with Crippen molar-refractivity contribution < 1.29 is 4.74 Å². The van der Waals surface area contributed by atoms with E-state index in [2.05, 4.69) is 16.5 Å². The maximum Gasteiger partial charge on any atom is 0.153 e. The van der Waals surface area contributed by atoms with Crippen LogP contribution in [0.15, 0.2) is 31.0 Å². The summed E-state index contributed by atoms with van der Waals surface area (Å²) in [5, 5.41) is 0.935. The molecule has 3 nitrogen and oxygen atoms in total. The van der Waals surface area contributed by atoms with Crippen molar-refractivity contribution in [1.29, 1.82) is 0 Å². The molecule has 0 bridgehead atoms. The Morgan fingerprint density at radius 2 is 1.90 bits per heavy atom. The summed E-state index contributed by atoms with van der Waals surface area (Å²) in [4.78, 5) is 9.25. The van der Waals surface area contributed by atoms with Crippen molar-refractivity contribution >= 4 is 40.3 Å². The number of ether oxygens (including phenoxy) is 1. The van der Waals surface area contributed by atoms with Crippen LogP contribution in [0.3, 0.4) is 0 Å². The molecule has 1 aromatic heterocycles. The van der Waals surface area contributed by atoms with Gasteiger partial charge >= 0.3 is 0 Å². The minimum Gasteiger partial charge on any atom is -0.488 e. The summed E-state index contributed by atoms with van der Waals surface area (Å²) in [6, 6.07) is 3.44. The molecule has 0 amide bonds. The lowest BCUT2D eigenvalue weighted by atomic mass is 9.94.